The molecule has 2 aromatic rings. The maximum Gasteiger partial charge on any atom is 0.228 e. The summed E-state index contributed by atoms with van der Waals surface area (Å²) < 4.78 is 16.2. The molecule has 0 bridgehead atoms. The van der Waals surface area contributed by atoms with E-state index in [2.05, 4.69) is 20.3 Å². The maximum atomic E-state index is 5.74. The van der Waals surface area contributed by atoms with Crippen molar-refractivity contribution in [1.82, 2.24) is 15.0 Å². The number of aromatic nitrogens is 3. The summed E-state index contributed by atoms with van der Waals surface area (Å²) >= 11 is 0. The first-order valence-electron chi connectivity index (χ1n) is 7.54. The molecule has 0 aliphatic carbocycles. The van der Waals surface area contributed by atoms with Gasteiger partial charge in [-0.05, 0) is 31.5 Å². The van der Waals surface area contributed by atoms with Gasteiger partial charge in [-0.1, -0.05) is 0 Å². The first-order chi connectivity index (χ1) is 11.5. The zero-order valence-corrected chi connectivity index (χ0v) is 14.4. The summed E-state index contributed by atoms with van der Waals surface area (Å²) in [6.07, 6.45) is 0. The molecule has 0 spiro atoms. The molecule has 1 unspecified atom stereocenters. The van der Waals surface area contributed by atoms with Crippen LogP contribution in [0.3, 0.4) is 0 Å². The number of nitrogens with one attached hydrogen (secondary N) is 1. The number of benzene rings is 1. The Morgan fingerprint density at radius 3 is 2.33 bits per heavy atom. The molecular formula is C16H23N5O3. The summed E-state index contributed by atoms with van der Waals surface area (Å²) in [5, 5.41) is 3.14. The second kappa shape index (κ2) is 8.30. The molecule has 0 aliphatic rings. The average Bonchev–Trinajstić information content (AvgIpc) is 2.53. The first-order valence-corrected chi connectivity index (χ1v) is 7.54. The van der Waals surface area contributed by atoms with Gasteiger partial charge in [-0.25, -0.2) is 0 Å². The molecule has 0 amide bonds. The molecule has 0 radical (unpaired) electrons. The Hall–Kier alpha value is -2.61. The number of hydrogen-bond acceptors (Lipinski definition) is 8. The van der Waals surface area contributed by atoms with E-state index in [-0.39, 0.29) is 12.0 Å². The van der Waals surface area contributed by atoms with Crippen LogP contribution in [0.15, 0.2) is 18.2 Å². The number of nitrogens with zero attached hydrogens (tertiary/aromatic N) is 3. The van der Waals surface area contributed by atoms with Crippen LogP contribution in [-0.2, 0) is 11.3 Å². The zero-order valence-electron chi connectivity index (χ0n) is 14.4. The third-order valence-electron chi connectivity index (χ3n) is 3.19. The summed E-state index contributed by atoms with van der Waals surface area (Å²) in [7, 11) is 3.24. The predicted molar refractivity (Wildman–Crippen MR) is 91.3 cm³/mol. The molecule has 130 valence electrons. The fraction of sp³-hybridized carbons (Fsp3) is 0.438. The van der Waals surface area contributed by atoms with Gasteiger partial charge >= 0.3 is 0 Å². The van der Waals surface area contributed by atoms with Crippen LogP contribution in [0, 0.1) is 6.92 Å². The van der Waals surface area contributed by atoms with E-state index in [0.717, 1.165) is 17.1 Å². The van der Waals surface area contributed by atoms with Crippen molar-refractivity contribution in [3.05, 3.63) is 29.6 Å². The Balaban J connectivity index is 1.87. The Morgan fingerprint density at radius 1 is 1.08 bits per heavy atom. The van der Waals surface area contributed by atoms with Gasteiger partial charge in [0.05, 0.1) is 27.4 Å². The van der Waals surface area contributed by atoms with Crippen molar-refractivity contribution >= 4 is 11.9 Å². The van der Waals surface area contributed by atoms with Gasteiger partial charge in [-0.15, -0.1) is 0 Å². The molecule has 1 atom stereocenters. The van der Waals surface area contributed by atoms with Gasteiger partial charge in [-0.2, -0.15) is 15.0 Å². The van der Waals surface area contributed by atoms with Gasteiger partial charge in [0.25, 0.3) is 0 Å². The highest BCUT2D eigenvalue weighted by Crippen LogP contribution is 2.22. The smallest absolute Gasteiger partial charge is 0.228 e. The molecule has 0 fully saturated rings. The van der Waals surface area contributed by atoms with Gasteiger partial charge in [-0.3, -0.25) is 0 Å². The Bertz CT molecular complexity index is 638. The van der Waals surface area contributed by atoms with Gasteiger partial charge in [0.2, 0.25) is 11.9 Å². The van der Waals surface area contributed by atoms with Gasteiger partial charge < -0.3 is 25.3 Å². The Morgan fingerprint density at radius 2 is 1.75 bits per heavy atom. The summed E-state index contributed by atoms with van der Waals surface area (Å²) in [6, 6.07) is 5.66. The lowest BCUT2D eigenvalue weighted by Crippen LogP contribution is -2.23. The van der Waals surface area contributed by atoms with Crippen LogP contribution in [-0.4, -0.2) is 41.8 Å². The molecule has 1 heterocycles. The first kappa shape index (κ1) is 17.7. The van der Waals surface area contributed by atoms with Crippen LogP contribution in [0.25, 0.3) is 0 Å². The van der Waals surface area contributed by atoms with E-state index in [0.29, 0.717) is 25.0 Å². The van der Waals surface area contributed by atoms with Gasteiger partial charge in [0.1, 0.15) is 17.3 Å². The van der Waals surface area contributed by atoms with Gasteiger partial charge in [0, 0.05) is 12.1 Å². The van der Waals surface area contributed by atoms with Crippen molar-refractivity contribution in [2.45, 2.75) is 26.5 Å². The second-order valence-corrected chi connectivity index (χ2v) is 5.35. The molecule has 8 heteroatoms. The molecule has 3 N–H and O–H groups in total. The fourth-order valence-corrected chi connectivity index (χ4v) is 2.13. The van der Waals surface area contributed by atoms with E-state index in [1.54, 1.807) is 21.1 Å². The van der Waals surface area contributed by atoms with Crippen molar-refractivity contribution in [1.29, 1.82) is 0 Å². The Labute approximate surface area is 141 Å². The zero-order chi connectivity index (χ0) is 17.5. The van der Waals surface area contributed by atoms with E-state index < -0.39 is 0 Å². The van der Waals surface area contributed by atoms with Crippen molar-refractivity contribution in [2.75, 3.05) is 31.9 Å². The second-order valence-electron chi connectivity index (χ2n) is 5.35. The Kier molecular flexibility index (Phi) is 6.14. The van der Waals surface area contributed by atoms with Crippen LogP contribution in [0.1, 0.15) is 18.3 Å². The number of hydrogen-bond donors (Lipinski definition) is 2. The number of nitrogens with two attached hydrogens (primary N) is 1. The molecule has 1 aromatic heterocycles. The van der Waals surface area contributed by atoms with Crippen molar-refractivity contribution in [3.8, 4) is 11.5 Å². The number of anilines is 2. The molecule has 24 heavy (non-hydrogen) atoms. The molecule has 0 aliphatic heterocycles. The van der Waals surface area contributed by atoms with Crippen LogP contribution >= 0.6 is 0 Å². The largest absolute Gasteiger partial charge is 0.497 e. The van der Waals surface area contributed by atoms with E-state index in [4.69, 9.17) is 19.9 Å². The topological polar surface area (TPSA) is 104 Å². The van der Waals surface area contributed by atoms with Gasteiger partial charge in [0.15, 0.2) is 0 Å². The van der Waals surface area contributed by atoms with Crippen molar-refractivity contribution in [2.24, 2.45) is 0 Å². The van der Waals surface area contributed by atoms with Crippen LogP contribution in [0.4, 0.5) is 11.9 Å². The summed E-state index contributed by atoms with van der Waals surface area (Å²) in [6.45, 7) is 4.66. The lowest BCUT2D eigenvalue weighted by molar-refractivity contribution is 0.114. The number of methoxy groups -OCH3 is 2. The van der Waals surface area contributed by atoms with Crippen molar-refractivity contribution in [3.63, 3.8) is 0 Å². The molecule has 1 aromatic carbocycles. The highest BCUT2D eigenvalue weighted by Gasteiger charge is 2.08. The SMILES string of the molecule is COc1cc(COCC(C)Nc2nc(C)nc(N)n2)cc(OC)c1. The number of rotatable bonds is 8. The third-order valence-corrected chi connectivity index (χ3v) is 3.19. The minimum absolute atomic E-state index is 0.0127. The summed E-state index contributed by atoms with van der Waals surface area (Å²) in [5.74, 6) is 2.67. The lowest BCUT2D eigenvalue weighted by Gasteiger charge is -2.15. The fourth-order valence-electron chi connectivity index (χ4n) is 2.13. The highest BCUT2D eigenvalue weighted by molar-refractivity contribution is 5.38. The quantitative estimate of drug-likeness (QED) is 0.753. The van der Waals surface area contributed by atoms with E-state index >= 15 is 0 Å². The summed E-state index contributed by atoms with van der Waals surface area (Å²) in [5.41, 5.74) is 6.58. The monoisotopic (exact) mass is 333 g/mol. The molecule has 0 saturated carbocycles. The van der Waals surface area contributed by atoms with Crippen LogP contribution in [0.2, 0.25) is 0 Å². The van der Waals surface area contributed by atoms with E-state index in [9.17, 15) is 0 Å². The molecule has 2 rings (SSSR count). The minimum Gasteiger partial charge on any atom is -0.497 e. The molecular weight excluding hydrogens is 310 g/mol. The lowest BCUT2D eigenvalue weighted by atomic mass is 10.2. The predicted octanol–water partition coefficient (Wildman–Crippen LogP) is 1.80. The minimum atomic E-state index is 0.0127. The number of nitrogen functional groups attached to an aromatic ring is 1. The average molecular weight is 333 g/mol. The maximum absolute atomic E-state index is 5.74. The highest BCUT2D eigenvalue weighted by atomic mass is 16.5. The van der Waals surface area contributed by atoms with E-state index in [1.807, 2.05) is 25.1 Å². The van der Waals surface area contributed by atoms with Crippen LogP contribution < -0.4 is 20.5 Å². The third kappa shape index (κ3) is 5.24. The normalized spacial score (nSPS) is 11.8. The number of ether oxygens (including phenoxy) is 3. The van der Waals surface area contributed by atoms with Crippen LogP contribution in [0.5, 0.6) is 11.5 Å². The standard InChI is InChI=1S/C16H23N5O3/c1-10(18-16-20-11(2)19-15(17)21-16)8-24-9-12-5-13(22-3)7-14(6-12)23-4/h5-7,10H,8-9H2,1-4H3,(H3,17,18,19,20,21). The molecule has 8 nitrogen and oxygen atoms in total. The van der Waals surface area contributed by atoms with E-state index in [1.165, 1.54) is 0 Å². The summed E-state index contributed by atoms with van der Waals surface area (Å²) in [4.78, 5) is 12.2. The molecule has 0 saturated heterocycles. The van der Waals surface area contributed by atoms with Crippen molar-refractivity contribution < 1.29 is 14.2 Å². The number of aryl methyl sites for hydroxylation is 1.